The first-order valence-electron chi connectivity index (χ1n) is 5.63. The summed E-state index contributed by atoms with van der Waals surface area (Å²) in [6.07, 6.45) is -0.0754. The Kier molecular flexibility index (Phi) is 6.94. The van der Waals surface area contributed by atoms with Gasteiger partial charge in [-0.25, -0.2) is 0 Å². The van der Waals surface area contributed by atoms with Gasteiger partial charge in [-0.1, -0.05) is 60.7 Å². The van der Waals surface area contributed by atoms with E-state index in [1.807, 2.05) is 12.1 Å². The van der Waals surface area contributed by atoms with Crippen LogP contribution in [0.25, 0.3) is 0 Å². The summed E-state index contributed by atoms with van der Waals surface area (Å²) in [4.78, 5) is 23.6. The van der Waals surface area contributed by atoms with Crippen molar-refractivity contribution in [3.63, 3.8) is 0 Å². The van der Waals surface area contributed by atoms with Crippen molar-refractivity contribution in [2.45, 2.75) is 6.42 Å². The molecule has 4 heteroatoms. The van der Waals surface area contributed by atoms with Gasteiger partial charge in [-0.3, -0.25) is 9.59 Å². The second-order valence-electron chi connectivity index (χ2n) is 3.76. The number of carbonyl (C=O) groups is 2. The van der Waals surface area contributed by atoms with Crippen LogP contribution in [0.15, 0.2) is 60.7 Å². The van der Waals surface area contributed by atoms with Crippen molar-refractivity contribution in [3.05, 3.63) is 71.8 Å². The van der Waals surface area contributed by atoms with E-state index in [4.69, 9.17) is 0 Å². The van der Waals surface area contributed by atoms with Crippen LogP contribution in [0, 0.1) is 0 Å². The molecule has 2 rings (SSSR count). The molecule has 0 heterocycles. The molecule has 0 saturated heterocycles. The van der Waals surface area contributed by atoms with Crippen LogP contribution in [0.4, 0.5) is 3.09 Å². The van der Waals surface area contributed by atoms with Crippen molar-refractivity contribution in [3.8, 4) is 0 Å². The van der Waals surface area contributed by atoms with Crippen LogP contribution in [0.3, 0.4) is 0 Å². The van der Waals surface area contributed by atoms with Crippen LogP contribution in [-0.2, 0) is 21.0 Å². The van der Waals surface area contributed by atoms with E-state index in [2.05, 4.69) is 0 Å². The first-order chi connectivity index (χ1) is 9.27. The number of ketones is 2. The molecule has 0 amide bonds. The summed E-state index contributed by atoms with van der Waals surface area (Å²) < 4.78 is 9.50. The Morgan fingerprint density at radius 2 is 1.05 bits per heavy atom. The van der Waals surface area contributed by atoms with Gasteiger partial charge in [-0.05, 0) is 0 Å². The molecule has 2 aromatic rings. The van der Waals surface area contributed by atoms with Gasteiger partial charge in [0.05, 0.1) is 6.42 Å². The van der Waals surface area contributed by atoms with Gasteiger partial charge in [0.2, 0.25) is 0 Å². The fourth-order valence-corrected chi connectivity index (χ4v) is 1.60. The van der Waals surface area contributed by atoms with Gasteiger partial charge in [0.1, 0.15) is 0 Å². The summed E-state index contributed by atoms with van der Waals surface area (Å²) >= 11 is 0.500. The average Bonchev–Trinajstić information content (AvgIpc) is 2.51. The van der Waals surface area contributed by atoms with Gasteiger partial charge in [0.25, 0.3) is 0 Å². The summed E-state index contributed by atoms with van der Waals surface area (Å²) in [5.74, 6) is -0.279. The van der Waals surface area contributed by atoms with Crippen molar-refractivity contribution in [1.29, 1.82) is 0 Å². The van der Waals surface area contributed by atoms with Crippen molar-refractivity contribution in [1.82, 2.24) is 0 Å². The zero-order chi connectivity index (χ0) is 14.1. The molecule has 0 N–H and O–H groups in total. The van der Waals surface area contributed by atoms with Crippen molar-refractivity contribution in [2.24, 2.45) is 0 Å². The molecule has 2 aromatic carbocycles. The molecule has 0 aromatic heterocycles. The Hall–Kier alpha value is -1.58. The molecular formula is C15H12FO2Ti. The van der Waals surface area contributed by atoms with Gasteiger partial charge < -0.3 is 0 Å². The number of rotatable bonds is 4. The summed E-state index contributed by atoms with van der Waals surface area (Å²) in [6.45, 7) is 0. The standard InChI is InChI=1S/C15H12O2.FH.Ti/c16-14(12-7-3-1-4-8-12)11-15(17)13-9-5-2-6-10-13;;/h1-10H,11H2;1H;/q;;+1/p-1. The van der Waals surface area contributed by atoms with E-state index in [0.29, 0.717) is 32.1 Å². The molecular weight excluding hydrogens is 279 g/mol. The molecule has 0 aliphatic heterocycles. The quantitative estimate of drug-likeness (QED) is 0.490. The topological polar surface area (TPSA) is 34.1 Å². The normalized spacial score (nSPS) is 9.05. The van der Waals surface area contributed by atoms with Crippen molar-refractivity contribution < 1.29 is 33.7 Å². The molecule has 19 heavy (non-hydrogen) atoms. The summed E-state index contributed by atoms with van der Waals surface area (Å²) in [5.41, 5.74) is 1.16. The van der Waals surface area contributed by atoms with E-state index < -0.39 is 0 Å². The van der Waals surface area contributed by atoms with Crippen LogP contribution in [0.5, 0.6) is 0 Å². The third-order valence-corrected chi connectivity index (χ3v) is 2.51. The summed E-state index contributed by atoms with van der Waals surface area (Å²) in [7, 11) is 0. The molecule has 0 aliphatic rings. The number of carbonyl (C=O) groups excluding carboxylic acids is 2. The number of hydrogen-bond acceptors (Lipinski definition) is 2. The third kappa shape index (κ3) is 4.89. The molecule has 0 fully saturated rings. The molecule has 0 spiro atoms. The maximum absolute atomic E-state index is 11.8. The van der Waals surface area contributed by atoms with E-state index >= 15 is 0 Å². The van der Waals surface area contributed by atoms with Crippen LogP contribution in [-0.4, -0.2) is 11.6 Å². The summed E-state index contributed by atoms with van der Waals surface area (Å²) in [5, 5.41) is 0. The summed E-state index contributed by atoms with van der Waals surface area (Å²) in [6, 6.07) is 17.7. The molecule has 0 atom stereocenters. The van der Waals surface area contributed by atoms with Crippen LogP contribution in [0.2, 0.25) is 0 Å². The predicted molar refractivity (Wildman–Crippen MR) is 67.3 cm³/mol. The number of hydrogen-bond donors (Lipinski definition) is 0. The predicted octanol–water partition coefficient (Wildman–Crippen LogP) is 3.56. The Balaban J connectivity index is 0.000000861. The minimum absolute atomic E-state index is 0.0754. The fourth-order valence-electron chi connectivity index (χ4n) is 1.60. The van der Waals surface area contributed by atoms with E-state index in [1.165, 1.54) is 0 Å². The monoisotopic (exact) mass is 291 g/mol. The first-order valence-corrected chi connectivity index (χ1v) is 6.22. The first kappa shape index (κ1) is 15.5. The minimum atomic E-state index is -0.139. The van der Waals surface area contributed by atoms with E-state index in [-0.39, 0.29) is 18.0 Å². The molecule has 0 aliphatic carbocycles. The molecule has 2 nitrogen and oxygen atoms in total. The maximum atomic E-state index is 11.8. The molecule has 0 saturated carbocycles. The fraction of sp³-hybridized carbons (Fsp3) is 0.0667. The zero-order valence-electron chi connectivity index (χ0n) is 10.2. The molecule has 0 unspecified atom stereocenters. The molecule has 0 radical (unpaired) electrons. The Morgan fingerprint density at radius 3 is 1.37 bits per heavy atom. The Bertz CT molecular complexity index is 477. The van der Waals surface area contributed by atoms with Gasteiger partial charge in [0.15, 0.2) is 11.6 Å². The van der Waals surface area contributed by atoms with E-state index in [9.17, 15) is 12.7 Å². The number of Topliss-reactive ketones (excluding diaryl/α,β-unsaturated/α-hetero) is 2. The number of halogens is 1. The molecule has 0 bridgehead atoms. The van der Waals surface area contributed by atoms with Gasteiger partial charge >= 0.3 is 24.1 Å². The zero-order valence-corrected chi connectivity index (χ0v) is 11.7. The third-order valence-electron chi connectivity index (χ3n) is 2.51. The molecule has 95 valence electrons. The van der Waals surface area contributed by atoms with Gasteiger partial charge in [0, 0.05) is 11.1 Å². The Labute approximate surface area is 123 Å². The van der Waals surface area contributed by atoms with Crippen molar-refractivity contribution >= 4 is 11.6 Å². The second-order valence-corrected chi connectivity index (χ2v) is 3.76. The second kappa shape index (κ2) is 8.51. The van der Waals surface area contributed by atoms with Gasteiger partial charge in [-0.15, -0.1) is 0 Å². The van der Waals surface area contributed by atoms with Crippen molar-refractivity contribution in [2.75, 3.05) is 0 Å². The van der Waals surface area contributed by atoms with Crippen LogP contribution >= 0.6 is 0 Å². The Morgan fingerprint density at radius 1 is 0.737 bits per heavy atom. The SMILES string of the molecule is O=C(CC(=O)c1ccccc1)c1ccccc1.[F][Ti]. The number of benzene rings is 2. The van der Waals surface area contributed by atoms with Crippen LogP contribution < -0.4 is 0 Å². The van der Waals surface area contributed by atoms with Crippen LogP contribution in [0.1, 0.15) is 27.1 Å². The van der Waals surface area contributed by atoms with Gasteiger partial charge in [-0.2, -0.15) is 0 Å². The van der Waals surface area contributed by atoms with E-state index in [0.717, 1.165) is 0 Å². The van der Waals surface area contributed by atoms with E-state index in [1.54, 1.807) is 48.5 Å². The average molecular weight is 291 g/mol.